The van der Waals surface area contributed by atoms with E-state index in [1.165, 1.54) is 0 Å². The maximum atomic E-state index is 11.4. The van der Waals surface area contributed by atoms with Crippen LogP contribution < -0.4 is 5.73 Å². The molecule has 0 aliphatic carbocycles. The minimum Gasteiger partial charge on any atom is -0.481 e. The molecule has 0 heterocycles. The molecule has 0 aliphatic heterocycles. The van der Waals surface area contributed by atoms with E-state index in [1.54, 1.807) is 0 Å². The number of primary amides is 1. The van der Waals surface area contributed by atoms with Gasteiger partial charge in [-0.05, 0) is 19.3 Å². The van der Waals surface area contributed by atoms with E-state index in [1.807, 2.05) is 0 Å². The third kappa shape index (κ3) is 8.62. The van der Waals surface area contributed by atoms with Gasteiger partial charge in [0.05, 0.1) is 5.92 Å². The van der Waals surface area contributed by atoms with E-state index >= 15 is 0 Å². The van der Waals surface area contributed by atoms with Gasteiger partial charge < -0.3 is 10.8 Å². The lowest BCUT2D eigenvalue weighted by atomic mass is 9.87. The molecule has 0 fully saturated rings. The van der Waals surface area contributed by atoms with E-state index in [4.69, 9.17) is 5.73 Å². The van der Waals surface area contributed by atoms with Crippen LogP contribution >= 0.6 is 0 Å². The first kappa shape index (κ1) is 17.9. The molecule has 0 aromatic rings. The van der Waals surface area contributed by atoms with E-state index in [0.29, 0.717) is 12.8 Å². The molecule has 0 bridgehead atoms. The van der Waals surface area contributed by atoms with Crippen molar-refractivity contribution in [2.24, 2.45) is 17.6 Å². The molecule has 0 aromatic heterocycles. The van der Waals surface area contributed by atoms with Gasteiger partial charge in [0.15, 0.2) is 0 Å². The standard InChI is InChI=1S/C15H29NO3/c1-3-5-7-9-12(14(16)17)11-13(15(18)19)10-8-6-4-2/h12-13H,3-11H2,1-2H3,(H2,16,17)(H,18,19). The first-order chi connectivity index (χ1) is 9.02. The van der Waals surface area contributed by atoms with Crippen molar-refractivity contribution in [3.05, 3.63) is 0 Å². The monoisotopic (exact) mass is 271 g/mol. The highest BCUT2D eigenvalue weighted by atomic mass is 16.4. The molecule has 4 heteroatoms. The first-order valence-corrected chi connectivity index (χ1v) is 7.55. The van der Waals surface area contributed by atoms with Crippen LogP contribution in [0.1, 0.15) is 71.6 Å². The van der Waals surface area contributed by atoms with Crippen LogP contribution in [0.3, 0.4) is 0 Å². The van der Waals surface area contributed by atoms with Crippen molar-refractivity contribution < 1.29 is 14.7 Å². The van der Waals surface area contributed by atoms with E-state index in [9.17, 15) is 14.7 Å². The molecule has 2 unspecified atom stereocenters. The zero-order valence-corrected chi connectivity index (χ0v) is 12.4. The number of nitrogens with two attached hydrogens (primary N) is 1. The highest BCUT2D eigenvalue weighted by Gasteiger charge is 2.25. The fourth-order valence-electron chi connectivity index (χ4n) is 2.34. The number of amides is 1. The van der Waals surface area contributed by atoms with Gasteiger partial charge in [-0.2, -0.15) is 0 Å². The van der Waals surface area contributed by atoms with Gasteiger partial charge >= 0.3 is 5.97 Å². The Hall–Kier alpha value is -1.06. The van der Waals surface area contributed by atoms with Gasteiger partial charge in [0.1, 0.15) is 0 Å². The normalized spacial score (nSPS) is 14.0. The minimum absolute atomic E-state index is 0.283. The van der Waals surface area contributed by atoms with E-state index in [-0.39, 0.29) is 11.8 Å². The van der Waals surface area contributed by atoms with Crippen molar-refractivity contribution >= 4 is 11.9 Å². The highest BCUT2D eigenvalue weighted by molar-refractivity contribution is 5.78. The molecule has 0 spiro atoms. The maximum absolute atomic E-state index is 11.4. The van der Waals surface area contributed by atoms with Crippen LogP contribution in [0.15, 0.2) is 0 Å². The molecule has 0 rings (SSSR count). The maximum Gasteiger partial charge on any atom is 0.306 e. The predicted octanol–water partition coefficient (Wildman–Crippen LogP) is 3.34. The summed E-state index contributed by atoms with van der Waals surface area (Å²) in [6, 6.07) is 0. The van der Waals surface area contributed by atoms with Crippen LogP contribution in [-0.2, 0) is 9.59 Å². The lowest BCUT2D eigenvalue weighted by Gasteiger charge is -2.18. The summed E-state index contributed by atoms with van der Waals surface area (Å²) in [6.45, 7) is 4.19. The molecule has 3 N–H and O–H groups in total. The van der Waals surface area contributed by atoms with E-state index < -0.39 is 11.9 Å². The molecule has 112 valence electrons. The zero-order valence-electron chi connectivity index (χ0n) is 12.4. The number of unbranched alkanes of at least 4 members (excludes halogenated alkanes) is 4. The fraction of sp³-hybridized carbons (Fsp3) is 0.867. The van der Waals surface area contributed by atoms with Crippen molar-refractivity contribution in [1.29, 1.82) is 0 Å². The second-order valence-electron chi connectivity index (χ2n) is 5.36. The number of hydrogen-bond donors (Lipinski definition) is 2. The number of carboxylic acid groups (broad SMARTS) is 1. The summed E-state index contributed by atoms with van der Waals surface area (Å²) >= 11 is 0. The lowest BCUT2D eigenvalue weighted by molar-refractivity contribution is -0.143. The third-order valence-electron chi connectivity index (χ3n) is 3.63. The topological polar surface area (TPSA) is 80.4 Å². The number of hydrogen-bond acceptors (Lipinski definition) is 2. The zero-order chi connectivity index (χ0) is 14.7. The Bertz CT molecular complexity index is 240. The number of carbonyl (C=O) groups excluding carboxylic acids is 1. The average molecular weight is 271 g/mol. The van der Waals surface area contributed by atoms with Crippen molar-refractivity contribution in [1.82, 2.24) is 0 Å². The quantitative estimate of drug-likeness (QED) is 0.534. The Morgan fingerprint density at radius 1 is 0.947 bits per heavy atom. The molecular weight excluding hydrogens is 242 g/mol. The van der Waals surface area contributed by atoms with Gasteiger partial charge in [0.2, 0.25) is 5.91 Å². The van der Waals surface area contributed by atoms with Crippen molar-refractivity contribution in [2.75, 3.05) is 0 Å². The van der Waals surface area contributed by atoms with Gasteiger partial charge in [-0.25, -0.2) is 0 Å². The summed E-state index contributed by atoms with van der Waals surface area (Å²) in [5.74, 6) is -1.85. The molecule has 0 radical (unpaired) electrons. The Balaban J connectivity index is 4.31. The van der Waals surface area contributed by atoms with Crippen molar-refractivity contribution in [2.45, 2.75) is 71.6 Å². The Labute approximate surface area is 116 Å². The van der Waals surface area contributed by atoms with Crippen molar-refractivity contribution in [3.63, 3.8) is 0 Å². The summed E-state index contributed by atoms with van der Waals surface area (Å²) in [6.07, 6.45) is 7.91. The predicted molar refractivity (Wildman–Crippen MR) is 76.7 cm³/mol. The summed E-state index contributed by atoms with van der Waals surface area (Å²) in [5.41, 5.74) is 5.39. The SMILES string of the molecule is CCCCCC(CC(CCCCC)C(=O)O)C(N)=O. The van der Waals surface area contributed by atoms with Gasteiger partial charge in [0, 0.05) is 5.92 Å². The smallest absolute Gasteiger partial charge is 0.306 e. The van der Waals surface area contributed by atoms with Gasteiger partial charge in [-0.1, -0.05) is 52.4 Å². The number of aliphatic carboxylic acids is 1. The molecular formula is C15H29NO3. The first-order valence-electron chi connectivity index (χ1n) is 7.55. The number of carbonyl (C=O) groups is 2. The van der Waals surface area contributed by atoms with E-state index in [0.717, 1.165) is 44.9 Å². The molecule has 0 saturated heterocycles. The molecule has 2 atom stereocenters. The molecule has 0 aliphatic rings. The minimum atomic E-state index is -0.794. The molecule has 0 aromatic carbocycles. The van der Waals surface area contributed by atoms with Crippen LogP contribution in [0.5, 0.6) is 0 Å². The lowest BCUT2D eigenvalue weighted by Crippen LogP contribution is -2.28. The molecule has 0 saturated carbocycles. The molecule has 4 nitrogen and oxygen atoms in total. The van der Waals surface area contributed by atoms with Gasteiger partial charge in [0.25, 0.3) is 0 Å². The summed E-state index contributed by atoms with van der Waals surface area (Å²) in [4.78, 5) is 22.6. The summed E-state index contributed by atoms with van der Waals surface area (Å²) in [5, 5.41) is 9.22. The van der Waals surface area contributed by atoms with Crippen molar-refractivity contribution in [3.8, 4) is 0 Å². The Kier molecular flexibility index (Phi) is 10.2. The largest absolute Gasteiger partial charge is 0.481 e. The van der Waals surface area contributed by atoms with Crippen LogP contribution in [0.25, 0.3) is 0 Å². The summed E-state index contributed by atoms with van der Waals surface area (Å²) in [7, 11) is 0. The van der Waals surface area contributed by atoms with E-state index in [2.05, 4.69) is 13.8 Å². The Morgan fingerprint density at radius 3 is 1.79 bits per heavy atom. The fourth-order valence-corrected chi connectivity index (χ4v) is 2.34. The van der Waals surface area contributed by atoms with Gasteiger partial charge in [-0.15, -0.1) is 0 Å². The molecule has 19 heavy (non-hydrogen) atoms. The third-order valence-corrected chi connectivity index (χ3v) is 3.63. The summed E-state index contributed by atoms with van der Waals surface area (Å²) < 4.78 is 0. The highest BCUT2D eigenvalue weighted by Crippen LogP contribution is 2.23. The van der Waals surface area contributed by atoms with Crippen LogP contribution in [0, 0.1) is 11.8 Å². The van der Waals surface area contributed by atoms with Crippen LogP contribution in [0.4, 0.5) is 0 Å². The second kappa shape index (κ2) is 10.8. The van der Waals surface area contributed by atoms with Crippen LogP contribution in [-0.4, -0.2) is 17.0 Å². The average Bonchev–Trinajstić information content (AvgIpc) is 2.35. The Morgan fingerprint density at radius 2 is 1.42 bits per heavy atom. The number of rotatable bonds is 12. The van der Waals surface area contributed by atoms with Gasteiger partial charge in [-0.3, -0.25) is 9.59 Å². The molecule has 1 amide bonds. The number of carboxylic acids is 1. The van der Waals surface area contributed by atoms with Crippen LogP contribution in [0.2, 0.25) is 0 Å². The second-order valence-corrected chi connectivity index (χ2v) is 5.36.